The van der Waals surface area contributed by atoms with Crippen LogP contribution in [0.3, 0.4) is 0 Å². The average Bonchev–Trinajstić information content (AvgIpc) is 3.02. The highest BCUT2D eigenvalue weighted by molar-refractivity contribution is 5.90. The second-order valence-electron chi connectivity index (χ2n) is 4.59. The molecule has 0 atom stereocenters. The fourth-order valence-electron chi connectivity index (χ4n) is 1.92. The summed E-state index contributed by atoms with van der Waals surface area (Å²) in [5.74, 6) is 0.423. The SMILES string of the molecule is CCOC(=O)/C=C/c1ccc(-c2ccc(C(=O)OCC)cc2)o1. The van der Waals surface area contributed by atoms with E-state index in [2.05, 4.69) is 0 Å². The van der Waals surface area contributed by atoms with Gasteiger partial charge in [0.1, 0.15) is 11.5 Å². The highest BCUT2D eigenvalue weighted by atomic mass is 16.5. The van der Waals surface area contributed by atoms with E-state index in [0.717, 1.165) is 5.56 Å². The number of ether oxygens (including phenoxy) is 2. The average molecular weight is 314 g/mol. The van der Waals surface area contributed by atoms with Crippen LogP contribution in [-0.2, 0) is 14.3 Å². The van der Waals surface area contributed by atoms with Crippen LogP contribution in [0.2, 0.25) is 0 Å². The molecular formula is C18H18O5. The van der Waals surface area contributed by atoms with Gasteiger partial charge in [-0.3, -0.25) is 0 Å². The van der Waals surface area contributed by atoms with Crippen molar-refractivity contribution in [3.05, 3.63) is 53.8 Å². The molecule has 0 aliphatic rings. The standard InChI is InChI=1S/C18H18O5/c1-3-21-17(19)12-10-15-9-11-16(23-15)13-5-7-14(8-6-13)18(20)22-4-2/h5-12H,3-4H2,1-2H3/b12-10+. The predicted molar refractivity (Wildman–Crippen MR) is 85.8 cm³/mol. The minimum atomic E-state index is -0.413. The van der Waals surface area contributed by atoms with Crippen molar-refractivity contribution in [1.29, 1.82) is 0 Å². The number of hydrogen-bond donors (Lipinski definition) is 0. The molecule has 0 aliphatic heterocycles. The van der Waals surface area contributed by atoms with Gasteiger partial charge in [-0.2, -0.15) is 0 Å². The van der Waals surface area contributed by atoms with Crippen molar-refractivity contribution < 1.29 is 23.5 Å². The van der Waals surface area contributed by atoms with E-state index in [-0.39, 0.29) is 5.97 Å². The summed E-state index contributed by atoms with van der Waals surface area (Å²) >= 11 is 0. The maximum atomic E-state index is 11.6. The quantitative estimate of drug-likeness (QED) is 0.601. The highest BCUT2D eigenvalue weighted by Gasteiger charge is 2.08. The molecule has 0 N–H and O–H groups in total. The summed E-state index contributed by atoms with van der Waals surface area (Å²) in [4.78, 5) is 22.9. The van der Waals surface area contributed by atoms with Gasteiger partial charge in [-0.15, -0.1) is 0 Å². The zero-order valence-corrected chi connectivity index (χ0v) is 13.1. The summed E-state index contributed by atoms with van der Waals surface area (Å²) < 4.78 is 15.4. The van der Waals surface area contributed by atoms with Crippen LogP contribution in [-0.4, -0.2) is 25.2 Å². The van der Waals surface area contributed by atoms with Crippen molar-refractivity contribution in [3.8, 4) is 11.3 Å². The van der Waals surface area contributed by atoms with Crippen LogP contribution in [0.1, 0.15) is 30.0 Å². The van der Waals surface area contributed by atoms with E-state index in [0.29, 0.717) is 30.3 Å². The molecule has 2 aromatic rings. The van der Waals surface area contributed by atoms with Crippen LogP contribution in [0.5, 0.6) is 0 Å². The molecule has 5 nitrogen and oxygen atoms in total. The molecule has 23 heavy (non-hydrogen) atoms. The third kappa shape index (κ3) is 4.57. The fraction of sp³-hybridized carbons (Fsp3) is 0.222. The Hall–Kier alpha value is -2.82. The Morgan fingerprint density at radius 2 is 1.70 bits per heavy atom. The molecule has 2 rings (SSSR count). The van der Waals surface area contributed by atoms with Gasteiger partial charge in [-0.05, 0) is 44.2 Å². The first-order valence-electron chi connectivity index (χ1n) is 7.36. The topological polar surface area (TPSA) is 65.7 Å². The largest absolute Gasteiger partial charge is 0.463 e. The lowest BCUT2D eigenvalue weighted by Crippen LogP contribution is -2.03. The first-order chi connectivity index (χ1) is 11.1. The zero-order chi connectivity index (χ0) is 16.7. The number of hydrogen-bond acceptors (Lipinski definition) is 5. The number of rotatable bonds is 6. The maximum absolute atomic E-state index is 11.6. The lowest BCUT2D eigenvalue weighted by molar-refractivity contribution is -0.137. The van der Waals surface area contributed by atoms with Crippen LogP contribution >= 0.6 is 0 Å². The number of carbonyl (C=O) groups excluding carboxylic acids is 2. The molecule has 0 aliphatic carbocycles. The van der Waals surface area contributed by atoms with Crippen LogP contribution < -0.4 is 0 Å². The van der Waals surface area contributed by atoms with Gasteiger partial charge < -0.3 is 13.9 Å². The van der Waals surface area contributed by atoms with Crippen LogP contribution in [0.25, 0.3) is 17.4 Å². The van der Waals surface area contributed by atoms with Gasteiger partial charge in [0.05, 0.1) is 18.8 Å². The second kappa shape index (κ2) is 7.98. The molecule has 0 saturated heterocycles. The Bertz CT molecular complexity index is 694. The van der Waals surface area contributed by atoms with Gasteiger partial charge in [0, 0.05) is 11.6 Å². The highest BCUT2D eigenvalue weighted by Crippen LogP contribution is 2.23. The molecule has 0 unspecified atom stereocenters. The van der Waals surface area contributed by atoms with E-state index in [4.69, 9.17) is 13.9 Å². The molecule has 0 bridgehead atoms. The monoisotopic (exact) mass is 314 g/mol. The van der Waals surface area contributed by atoms with Crippen molar-refractivity contribution in [1.82, 2.24) is 0 Å². The van der Waals surface area contributed by atoms with E-state index in [9.17, 15) is 9.59 Å². The molecule has 5 heteroatoms. The summed E-state index contributed by atoms with van der Waals surface area (Å²) in [6, 6.07) is 10.5. The fourth-order valence-corrected chi connectivity index (χ4v) is 1.92. The number of esters is 2. The molecule has 1 aromatic heterocycles. The molecule has 0 fully saturated rings. The van der Waals surface area contributed by atoms with E-state index >= 15 is 0 Å². The van der Waals surface area contributed by atoms with Crippen molar-refractivity contribution in [3.63, 3.8) is 0 Å². The van der Waals surface area contributed by atoms with Crippen molar-refractivity contribution in [2.45, 2.75) is 13.8 Å². The van der Waals surface area contributed by atoms with Gasteiger partial charge in [0.2, 0.25) is 0 Å². The molecule has 0 spiro atoms. The van der Waals surface area contributed by atoms with E-state index in [1.165, 1.54) is 6.08 Å². The van der Waals surface area contributed by atoms with Crippen LogP contribution in [0.4, 0.5) is 0 Å². The van der Waals surface area contributed by atoms with E-state index in [1.807, 2.05) is 0 Å². The molecule has 1 heterocycles. The Labute approximate surface area is 134 Å². The number of carbonyl (C=O) groups is 2. The van der Waals surface area contributed by atoms with Gasteiger partial charge in [-0.25, -0.2) is 9.59 Å². The second-order valence-corrected chi connectivity index (χ2v) is 4.59. The molecule has 0 radical (unpaired) electrons. The van der Waals surface area contributed by atoms with Crippen molar-refractivity contribution in [2.24, 2.45) is 0 Å². The van der Waals surface area contributed by atoms with E-state index < -0.39 is 5.97 Å². The Morgan fingerprint density at radius 1 is 1.00 bits per heavy atom. The summed E-state index contributed by atoms with van der Waals surface area (Å²) in [7, 11) is 0. The third-order valence-corrected chi connectivity index (χ3v) is 2.98. The Balaban J connectivity index is 2.08. The molecular weight excluding hydrogens is 296 g/mol. The van der Waals surface area contributed by atoms with Crippen LogP contribution in [0.15, 0.2) is 46.9 Å². The lowest BCUT2D eigenvalue weighted by Gasteiger charge is -2.02. The normalized spacial score (nSPS) is 10.7. The summed E-state index contributed by atoms with van der Waals surface area (Å²) in [5.41, 5.74) is 1.32. The third-order valence-electron chi connectivity index (χ3n) is 2.98. The summed E-state index contributed by atoms with van der Waals surface area (Å²) in [6.45, 7) is 4.19. The minimum absolute atomic E-state index is 0.333. The molecule has 0 amide bonds. The minimum Gasteiger partial charge on any atom is -0.463 e. The zero-order valence-electron chi connectivity index (χ0n) is 13.1. The van der Waals surface area contributed by atoms with Gasteiger partial charge in [-0.1, -0.05) is 12.1 Å². The first-order valence-corrected chi connectivity index (χ1v) is 7.36. The Kier molecular flexibility index (Phi) is 5.74. The van der Waals surface area contributed by atoms with E-state index in [1.54, 1.807) is 56.3 Å². The smallest absolute Gasteiger partial charge is 0.338 e. The number of furan rings is 1. The summed E-state index contributed by atoms with van der Waals surface area (Å²) in [5, 5.41) is 0. The van der Waals surface area contributed by atoms with Crippen LogP contribution in [0, 0.1) is 0 Å². The van der Waals surface area contributed by atoms with Gasteiger partial charge in [0.15, 0.2) is 0 Å². The maximum Gasteiger partial charge on any atom is 0.338 e. The number of benzene rings is 1. The molecule has 1 aromatic carbocycles. The Morgan fingerprint density at radius 3 is 2.35 bits per heavy atom. The van der Waals surface area contributed by atoms with Gasteiger partial charge in [0.25, 0.3) is 0 Å². The predicted octanol–water partition coefficient (Wildman–Crippen LogP) is 3.70. The summed E-state index contributed by atoms with van der Waals surface area (Å²) in [6.07, 6.45) is 2.87. The van der Waals surface area contributed by atoms with Crippen molar-refractivity contribution in [2.75, 3.05) is 13.2 Å². The van der Waals surface area contributed by atoms with Gasteiger partial charge >= 0.3 is 11.9 Å². The lowest BCUT2D eigenvalue weighted by atomic mass is 10.1. The molecule has 120 valence electrons. The first kappa shape index (κ1) is 16.5. The molecule has 0 saturated carbocycles. The van der Waals surface area contributed by atoms with Crippen molar-refractivity contribution >= 4 is 18.0 Å².